The van der Waals surface area contributed by atoms with E-state index in [0.717, 1.165) is 12.1 Å². The second kappa shape index (κ2) is 5.78. The molecule has 1 unspecified atom stereocenters. The first-order valence-electron chi connectivity index (χ1n) is 6.08. The fourth-order valence-corrected chi connectivity index (χ4v) is 2.20. The third-order valence-corrected chi connectivity index (χ3v) is 3.51. The Morgan fingerprint density at radius 2 is 1.95 bits per heavy atom. The number of hydrogen-bond acceptors (Lipinski definition) is 6. The van der Waals surface area contributed by atoms with Gasteiger partial charge in [-0.15, -0.1) is 0 Å². The Morgan fingerprint density at radius 1 is 1.14 bits per heavy atom. The van der Waals surface area contributed by atoms with Crippen molar-refractivity contribution < 1.29 is 13.3 Å². The van der Waals surface area contributed by atoms with Gasteiger partial charge in [-0.3, -0.25) is 0 Å². The summed E-state index contributed by atoms with van der Waals surface area (Å²) in [7, 11) is 0. The highest BCUT2D eigenvalue weighted by Crippen LogP contribution is 2.22. The molecule has 0 amide bonds. The van der Waals surface area contributed by atoms with Crippen molar-refractivity contribution in [2.24, 2.45) is 0 Å². The molecular formula is C13H9F2N5OS. The first-order chi connectivity index (χ1) is 10.5. The Hall–Kier alpha value is -2.39. The number of rotatable bonds is 3. The topological polar surface area (TPSA) is 86.7 Å². The highest BCUT2D eigenvalue weighted by atomic mass is 32.2. The summed E-state index contributed by atoms with van der Waals surface area (Å²) in [5.41, 5.74) is 1.08. The molecule has 0 bridgehead atoms. The fraction of sp³-hybridized carbons (Fsp3) is 0.0769. The lowest BCUT2D eigenvalue weighted by atomic mass is 10.3. The molecule has 3 rings (SSSR count). The smallest absolute Gasteiger partial charge is 0.343 e. The number of anilines is 2. The van der Waals surface area contributed by atoms with Crippen molar-refractivity contribution in [3.05, 3.63) is 42.4 Å². The zero-order valence-electron chi connectivity index (χ0n) is 11.2. The van der Waals surface area contributed by atoms with E-state index in [4.69, 9.17) is 0 Å². The second-order valence-electron chi connectivity index (χ2n) is 4.32. The number of fused-ring (bicyclic) bond motifs is 1. The molecule has 1 N–H and O–H groups in total. The third kappa shape index (κ3) is 2.81. The summed E-state index contributed by atoms with van der Waals surface area (Å²) in [5.74, 6) is -1.64. The van der Waals surface area contributed by atoms with Gasteiger partial charge < -0.3 is 9.87 Å². The third-order valence-electron chi connectivity index (χ3n) is 2.79. The Bertz CT molecular complexity index is 846. The number of nitrogens with one attached hydrogen (secondary N) is 1. The van der Waals surface area contributed by atoms with Gasteiger partial charge >= 0.3 is 5.16 Å². The molecule has 112 valence electrons. The summed E-state index contributed by atoms with van der Waals surface area (Å²) in [4.78, 5) is 16.1. The number of halogens is 2. The molecule has 0 aliphatic carbocycles. The van der Waals surface area contributed by atoms with Crippen LogP contribution in [0.2, 0.25) is 0 Å². The summed E-state index contributed by atoms with van der Waals surface area (Å²) in [6, 6.07) is 3.37. The van der Waals surface area contributed by atoms with Crippen LogP contribution in [0.1, 0.15) is 0 Å². The van der Waals surface area contributed by atoms with E-state index in [9.17, 15) is 13.3 Å². The quantitative estimate of drug-likeness (QED) is 0.588. The molecule has 2 aromatic heterocycles. The van der Waals surface area contributed by atoms with E-state index in [1.807, 2.05) is 0 Å². The van der Waals surface area contributed by atoms with Crippen molar-refractivity contribution in [2.75, 3.05) is 11.6 Å². The molecule has 0 fully saturated rings. The van der Waals surface area contributed by atoms with Crippen LogP contribution in [0.4, 0.5) is 20.3 Å². The predicted molar refractivity (Wildman–Crippen MR) is 77.1 cm³/mol. The maximum Gasteiger partial charge on any atom is 0.343 e. The van der Waals surface area contributed by atoms with E-state index in [2.05, 4.69) is 25.3 Å². The lowest BCUT2D eigenvalue weighted by Crippen LogP contribution is -2.06. The van der Waals surface area contributed by atoms with E-state index in [-0.39, 0.29) is 11.0 Å². The Kier molecular flexibility index (Phi) is 3.82. The fourth-order valence-electron chi connectivity index (χ4n) is 1.78. The van der Waals surface area contributed by atoms with E-state index >= 15 is 0 Å². The molecule has 6 nitrogen and oxygen atoms in total. The summed E-state index contributed by atoms with van der Waals surface area (Å²) in [5, 5.41) is 2.97. The summed E-state index contributed by atoms with van der Waals surface area (Å²) in [6.45, 7) is 0. The monoisotopic (exact) mass is 321 g/mol. The predicted octanol–water partition coefficient (Wildman–Crippen LogP) is 2.18. The standard InChI is InChI=1S/C13H9F2N5OS/c1-22(21)13-16-5-10-11(20-13)12(18-6-17-10)19-7-2-3-8(14)9(15)4-7/h2-6H,1H3,(H,17,18,19). The minimum absolute atomic E-state index is 0.135. The average molecular weight is 321 g/mol. The highest BCUT2D eigenvalue weighted by molar-refractivity contribution is 7.90. The first kappa shape index (κ1) is 14.5. The van der Waals surface area contributed by atoms with Crippen LogP contribution in [-0.4, -0.2) is 30.7 Å². The van der Waals surface area contributed by atoms with Crippen LogP contribution in [0, 0.1) is 11.6 Å². The SMILES string of the molecule is C[S+]([O-])c1ncc2ncnc(Nc3ccc(F)c(F)c3)c2n1. The minimum atomic E-state index is -1.36. The van der Waals surface area contributed by atoms with Gasteiger partial charge in [0.15, 0.2) is 17.5 Å². The van der Waals surface area contributed by atoms with E-state index in [1.165, 1.54) is 24.8 Å². The van der Waals surface area contributed by atoms with Crippen molar-refractivity contribution in [1.29, 1.82) is 0 Å². The Balaban J connectivity index is 2.05. The Labute approximate surface area is 126 Å². The molecule has 0 aliphatic heterocycles. The van der Waals surface area contributed by atoms with Crippen molar-refractivity contribution in [3.8, 4) is 0 Å². The van der Waals surface area contributed by atoms with Gasteiger partial charge in [0.2, 0.25) is 0 Å². The number of benzene rings is 1. The van der Waals surface area contributed by atoms with Crippen molar-refractivity contribution in [3.63, 3.8) is 0 Å². The zero-order valence-corrected chi connectivity index (χ0v) is 12.1. The largest absolute Gasteiger partial charge is 0.609 e. The maximum absolute atomic E-state index is 13.3. The normalized spacial score (nSPS) is 12.4. The van der Waals surface area contributed by atoms with Gasteiger partial charge in [-0.25, -0.2) is 18.7 Å². The highest BCUT2D eigenvalue weighted by Gasteiger charge is 2.13. The molecular weight excluding hydrogens is 312 g/mol. The second-order valence-corrected chi connectivity index (χ2v) is 5.59. The summed E-state index contributed by atoms with van der Waals surface area (Å²) < 4.78 is 37.7. The molecule has 1 atom stereocenters. The Morgan fingerprint density at radius 3 is 2.68 bits per heavy atom. The molecule has 3 aromatic rings. The molecule has 9 heteroatoms. The summed E-state index contributed by atoms with van der Waals surface area (Å²) in [6.07, 6.45) is 4.17. The van der Waals surface area contributed by atoms with Crippen molar-refractivity contribution >= 4 is 33.7 Å². The molecule has 2 heterocycles. The van der Waals surface area contributed by atoms with Crippen LogP contribution in [0.25, 0.3) is 11.0 Å². The van der Waals surface area contributed by atoms with Gasteiger partial charge in [0, 0.05) is 22.9 Å². The van der Waals surface area contributed by atoms with Crippen molar-refractivity contribution in [1.82, 2.24) is 19.9 Å². The molecule has 22 heavy (non-hydrogen) atoms. The van der Waals surface area contributed by atoms with Crippen molar-refractivity contribution in [2.45, 2.75) is 5.16 Å². The van der Waals surface area contributed by atoms with E-state index in [1.54, 1.807) is 0 Å². The molecule has 0 aliphatic rings. The number of nitrogens with zero attached hydrogens (tertiary/aromatic N) is 4. The zero-order chi connectivity index (χ0) is 15.7. The number of aromatic nitrogens is 4. The molecule has 1 aromatic carbocycles. The van der Waals surface area contributed by atoms with Crippen LogP contribution >= 0.6 is 0 Å². The summed E-state index contributed by atoms with van der Waals surface area (Å²) >= 11 is -1.36. The van der Waals surface area contributed by atoms with E-state index < -0.39 is 22.8 Å². The molecule has 0 saturated carbocycles. The van der Waals surface area contributed by atoms with Gasteiger partial charge in [0.05, 0.1) is 6.20 Å². The van der Waals surface area contributed by atoms with E-state index in [0.29, 0.717) is 16.7 Å². The minimum Gasteiger partial charge on any atom is -0.609 e. The molecule has 0 saturated heterocycles. The lowest BCUT2D eigenvalue weighted by Gasteiger charge is -2.08. The van der Waals surface area contributed by atoms with Gasteiger partial charge in [-0.1, -0.05) is 0 Å². The van der Waals surface area contributed by atoms with Crippen LogP contribution in [0.15, 0.2) is 35.9 Å². The average Bonchev–Trinajstić information content (AvgIpc) is 2.51. The van der Waals surface area contributed by atoms with Crippen LogP contribution in [0.3, 0.4) is 0 Å². The van der Waals surface area contributed by atoms with Gasteiger partial charge in [-0.05, 0) is 12.1 Å². The van der Waals surface area contributed by atoms with Gasteiger partial charge in [-0.2, -0.15) is 9.97 Å². The van der Waals surface area contributed by atoms with Crippen LogP contribution < -0.4 is 5.32 Å². The van der Waals surface area contributed by atoms with Gasteiger partial charge in [0.25, 0.3) is 0 Å². The molecule has 0 spiro atoms. The lowest BCUT2D eigenvalue weighted by molar-refractivity contribution is 0.509. The maximum atomic E-state index is 13.3. The first-order valence-corrected chi connectivity index (χ1v) is 7.63. The van der Waals surface area contributed by atoms with Crippen LogP contribution in [0.5, 0.6) is 0 Å². The number of hydrogen-bond donors (Lipinski definition) is 1. The van der Waals surface area contributed by atoms with Gasteiger partial charge in [0.1, 0.15) is 23.6 Å². The van der Waals surface area contributed by atoms with Crippen LogP contribution in [-0.2, 0) is 11.2 Å². The molecule has 0 radical (unpaired) electrons.